The van der Waals surface area contributed by atoms with Gasteiger partial charge in [0.05, 0.1) is 5.71 Å². The Labute approximate surface area is 178 Å². The van der Waals surface area contributed by atoms with Gasteiger partial charge in [-0.2, -0.15) is 0 Å². The fraction of sp³-hybridized carbons (Fsp3) is 0.0741. The number of rotatable bonds is 1. The van der Waals surface area contributed by atoms with E-state index in [0.717, 1.165) is 37.1 Å². The smallest absolute Gasteiger partial charge is 0.0835 e. The van der Waals surface area contributed by atoms with Gasteiger partial charge >= 0.3 is 0 Å². The third-order valence-electron chi connectivity index (χ3n) is 4.21. The number of thioether (sulfide) groups is 1. The third kappa shape index (κ3) is 7.44. The van der Waals surface area contributed by atoms with Crippen LogP contribution in [0.5, 0.6) is 0 Å². The second-order valence-corrected chi connectivity index (χ2v) is 7.91. The monoisotopic (exact) mass is 397 g/mol. The van der Waals surface area contributed by atoms with Gasteiger partial charge in [-0.1, -0.05) is 106 Å². The first-order valence-corrected chi connectivity index (χ1v) is 10.1. The normalized spacial score (nSPS) is 20.9. The first kappa shape index (κ1) is 22.2. The van der Waals surface area contributed by atoms with Gasteiger partial charge in [0.15, 0.2) is 0 Å². The number of hydrogen-bond donors (Lipinski definition) is 0. The van der Waals surface area contributed by atoms with Crippen LogP contribution in [0.1, 0.15) is 12.5 Å². The topological polar surface area (TPSA) is 12.4 Å². The van der Waals surface area contributed by atoms with Crippen LogP contribution in [-0.2, 0) is 0 Å². The molecule has 1 aliphatic heterocycles. The molecule has 0 N–H and O–H groups in total. The van der Waals surface area contributed by atoms with E-state index in [4.69, 9.17) is 4.99 Å². The van der Waals surface area contributed by atoms with Gasteiger partial charge in [-0.25, -0.2) is 0 Å². The van der Waals surface area contributed by atoms with E-state index in [9.17, 15) is 0 Å². The molecule has 0 saturated carbocycles. The summed E-state index contributed by atoms with van der Waals surface area (Å²) in [5.41, 5.74) is 2.65. The van der Waals surface area contributed by atoms with Crippen molar-refractivity contribution in [3.05, 3.63) is 130 Å². The van der Waals surface area contributed by atoms with Crippen molar-refractivity contribution in [3.63, 3.8) is 0 Å². The van der Waals surface area contributed by atoms with Crippen LogP contribution in [0.15, 0.2) is 119 Å². The van der Waals surface area contributed by atoms with Gasteiger partial charge in [0.2, 0.25) is 0 Å². The highest BCUT2D eigenvalue weighted by Gasteiger charge is 2.09. The zero-order valence-corrected chi connectivity index (χ0v) is 17.8. The number of hydrogen-bond acceptors (Lipinski definition) is 2. The predicted molar refractivity (Wildman–Crippen MR) is 132 cm³/mol. The molecule has 2 heteroatoms. The van der Waals surface area contributed by atoms with E-state index in [1.165, 1.54) is 11.8 Å². The van der Waals surface area contributed by atoms with Crippen LogP contribution in [0.4, 0.5) is 0 Å². The molecule has 29 heavy (non-hydrogen) atoms. The maximum Gasteiger partial charge on any atom is 0.0835 e. The highest BCUT2D eigenvalue weighted by molar-refractivity contribution is 8.07. The zero-order chi connectivity index (χ0) is 21.2. The second-order valence-electron chi connectivity index (χ2n) is 6.69. The van der Waals surface area contributed by atoms with Crippen molar-refractivity contribution >= 4 is 30.6 Å². The van der Waals surface area contributed by atoms with E-state index in [1.54, 1.807) is 6.20 Å². The number of allylic oxidation sites excluding steroid dienone is 7. The Hall–Kier alpha value is -3.10. The average Bonchev–Trinajstić information content (AvgIpc) is 2.68. The molecule has 0 bridgehead atoms. The molecule has 0 saturated heterocycles. The van der Waals surface area contributed by atoms with E-state index in [0.29, 0.717) is 0 Å². The zero-order valence-electron chi connectivity index (χ0n) is 17.0. The Morgan fingerprint density at radius 1 is 0.862 bits per heavy atom. The van der Waals surface area contributed by atoms with E-state index < -0.39 is 0 Å². The standard InChI is InChI=1S/C27H27NS/c1-20-11-7-8-12-21(2)19-26(16-15-20)27-25(6)29-24(5)14-10-9-13-22(3)23(4)17-18-28-27/h7-19,22H,1-2,4-6H2,3H3/b11-7?,12-8?,13-9-,14-10-,16-15?,18-17-,26-19?,28-27?. The Bertz CT molecular complexity index is 1080. The second kappa shape index (κ2) is 11.0. The maximum atomic E-state index is 4.73. The lowest BCUT2D eigenvalue weighted by atomic mass is 10.0. The van der Waals surface area contributed by atoms with Gasteiger partial charge in [-0.05, 0) is 40.1 Å². The molecular formula is C27H27NS. The van der Waals surface area contributed by atoms with Crippen molar-refractivity contribution in [2.75, 3.05) is 0 Å². The minimum atomic E-state index is 0.215. The molecule has 1 unspecified atom stereocenters. The number of nitrogens with zero attached hydrogens (tertiary/aromatic N) is 1. The summed E-state index contributed by atoms with van der Waals surface area (Å²) in [6.07, 6.45) is 11.8. The number of aliphatic imine (C=N–C) groups is 1. The molecule has 1 nitrogen and oxygen atoms in total. The van der Waals surface area contributed by atoms with Crippen LogP contribution < -0.4 is 10.4 Å². The summed E-state index contributed by atoms with van der Waals surface area (Å²) in [7, 11) is 0. The van der Waals surface area contributed by atoms with Gasteiger partial charge in [0.25, 0.3) is 0 Å². The highest BCUT2D eigenvalue weighted by atomic mass is 32.2. The van der Waals surface area contributed by atoms with Crippen molar-refractivity contribution < 1.29 is 0 Å². The largest absolute Gasteiger partial charge is 0.255 e. The molecule has 0 aromatic heterocycles. The molecule has 146 valence electrons. The SMILES string of the molecule is C=C1/C=C\C=C/C(C)C(=C)/C=C\N=C(c2ccc(=C)ccccc(=C)c2)C(=C)S1. The Balaban J connectivity index is 2.66. The molecule has 1 aromatic carbocycles. The van der Waals surface area contributed by atoms with Crippen molar-refractivity contribution in [1.82, 2.24) is 0 Å². The van der Waals surface area contributed by atoms with Crippen LogP contribution in [0.2, 0.25) is 0 Å². The van der Waals surface area contributed by atoms with Gasteiger partial charge in [-0.3, -0.25) is 4.99 Å². The molecule has 2 rings (SSSR count). The summed E-state index contributed by atoms with van der Waals surface area (Å²) in [6.45, 7) is 22.8. The molecule has 0 aliphatic carbocycles. The van der Waals surface area contributed by atoms with Crippen LogP contribution >= 0.6 is 11.8 Å². The third-order valence-corrected chi connectivity index (χ3v) is 5.05. The van der Waals surface area contributed by atoms with Crippen molar-refractivity contribution in [2.45, 2.75) is 6.92 Å². The maximum absolute atomic E-state index is 4.73. The van der Waals surface area contributed by atoms with Crippen molar-refractivity contribution in [1.29, 1.82) is 0 Å². The fourth-order valence-corrected chi connectivity index (χ4v) is 3.21. The molecule has 0 radical (unpaired) electrons. The minimum absolute atomic E-state index is 0.215. The highest BCUT2D eigenvalue weighted by Crippen LogP contribution is 2.27. The van der Waals surface area contributed by atoms with Gasteiger partial charge in [0, 0.05) is 21.6 Å². The first-order chi connectivity index (χ1) is 13.9. The minimum Gasteiger partial charge on any atom is -0.255 e. The lowest BCUT2D eigenvalue weighted by Gasteiger charge is -2.09. The summed E-state index contributed by atoms with van der Waals surface area (Å²) < 4.78 is 0. The summed E-state index contributed by atoms with van der Waals surface area (Å²) in [4.78, 5) is 6.42. The lowest BCUT2D eigenvalue weighted by Crippen LogP contribution is -2.06. The van der Waals surface area contributed by atoms with Crippen molar-refractivity contribution in [3.8, 4) is 0 Å². The van der Waals surface area contributed by atoms with Gasteiger partial charge < -0.3 is 0 Å². The summed E-state index contributed by atoms with van der Waals surface area (Å²) in [5.74, 6) is 0.215. The van der Waals surface area contributed by atoms with Gasteiger partial charge in [-0.15, -0.1) is 0 Å². The quantitative estimate of drug-likeness (QED) is 0.565. The summed E-state index contributed by atoms with van der Waals surface area (Å²) in [6, 6.07) is 13.7. The van der Waals surface area contributed by atoms with E-state index in [-0.39, 0.29) is 5.92 Å². The van der Waals surface area contributed by atoms with Crippen LogP contribution in [0, 0.1) is 5.92 Å². The lowest BCUT2D eigenvalue weighted by molar-refractivity contribution is 0.895. The van der Waals surface area contributed by atoms with E-state index in [2.05, 4.69) is 45.9 Å². The molecule has 0 amide bonds. The average molecular weight is 398 g/mol. The molecule has 1 aromatic rings. The van der Waals surface area contributed by atoms with Crippen molar-refractivity contribution in [2.24, 2.45) is 10.9 Å². The van der Waals surface area contributed by atoms with Gasteiger partial charge in [0.1, 0.15) is 0 Å². The molecule has 1 atom stereocenters. The van der Waals surface area contributed by atoms with Crippen LogP contribution in [-0.4, -0.2) is 5.71 Å². The summed E-state index contributed by atoms with van der Waals surface area (Å²) >= 11 is 1.49. The molecule has 1 heterocycles. The molecule has 0 spiro atoms. The Morgan fingerprint density at radius 2 is 1.59 bits per heavy atom. The van der Waals surface area contributed by atoms with Crippen LogP contribution in [0.25, 0.3) is 13.2 Å². The fourth-order valence-electron chi connectivity index (χ4n) is 2.48. The Morgan fingerprint density at radius 3 is 2.34 bits per heavy atom. The summed E-state index contributed by atoms with van der Waals surface area (Å²) in [5, 5.41) is 1.77. The molecular weight excluding hydrogens is 370 g/mol. The van der Waals surface area contributed by atoms with Crippen LogP contribution in [0.3, 0.4) is 0 Å². The molecule has 0 fully saturated rings. The first-order valence-electron chi connectivity index (χ1n) is 9.33. The Kier molecular flexibility index (Phi) is 8.45. The predicted octanol–water partition coefficient (Wildman–Crippen LogP) is 6.01. The van der Waals surface area contributed by atoms with E-state index >= 15 is 0 Å². The van der Waals surface area contributed by atoms with E-state index in [1.807, 2.05) is 66.8 Å². The molecule has 1 aliphatic rings.